The summed E-state index contributed by atoms with van der Waals surface area (Å²) < 4.78 is 40.0. The van der Waals surface area contributed by atoms with E-state index in [-0.39, 0.29) is 10.0 Å². The third kappa shape index (κ3) is 2.77. The molecule has 0 bridgehead atoms. The fourth-order valence-electron chi connectivity index (χ4n) is 3.17. The van der Waals surface area contributed by atoms with Gasteiger partial charge in [0.05, 0.1) is 5.02 Å². The van der Waals surface area contributed by atoms with Gasteiger partial charge in [0.15, 0.2) is 5.75 Å². The van der Waals surface area contributed by atoms with Crippen LogP contribution in [0.25, 0.3) is 11.1 Å². The van der Waals surface area contributed by atoms with E-state index in [1.165, 1.54) is 0 Å². The van der Waals surface area contributed by atoms with Crippen LogP contribution in [-0.4, -0.2) is 13.0 Å². The lowest BCUT2D eigenvalue weighted by Gasteiger charge is -2.26. The van der Waals surface area contributed by atoms with Crippen LogP contribution >= 0.6 is 23.2 Å². The van der Waals surface area contributed by atoms with Crippen LogP contribution in [-0.2, 0) is 16.5 Å². The zero-order chi connectivity index (χ0) is 18.5. The van der Waals surface area contributed by atoms with E-state index >= 15 is 0 Å². The summed E-state index contributed by atoms with van der Waals surface area (Å²) in [5.74, 6) is 0.943. The Hall–Kier alpha value is -2.05. The Morgan fingerprint density at radius 3 is 2.27 bits per heavy atom. The molecular weight excluding hydrogens is 395 g/mol. The highest BCUT2D eigenvalue weighted by molar-refractivity contribution is 7.86. The van der Waals surface area contributed by atoms with E-state index in [1.807, 2.05) is 24.3 Å². The van der Waals surface area contributed by atoms with E-state index in [1.54, 1.807) is 30.3 Å². The van der Waals surface area contributed by atoms with Gasteiger partial charge in [-0.1, -0.05) is 71.7 Å². The van der Waals surface area contributed by atoms with Crippen molar-refractivity contribution < 1.29 is 17.7 Å². The summed E-state index contributed by atoms with van der Waals surface area (Å²) in [5.41, 5.74) is 2.35. The van der Waals surface area contributed by atoms with Gasteiger partial charge in [-0.3, -0.25) is 4.55 Å². The molecule has 0 amide bonds. The Balaban J connectivity index is 2.11. The second-order valence-electron chi connectivity index (χ2n) is 5.87. The third-order valence-electron chi connectivity index (χ3n) is 4.27. The van der Waals surface area contributed by atoms with Crippen LogP contribution in [0.5, 0.6) is 11.5 Å². The normalized spacial score (nSPS) is 12.9. The maximum absolute atomic E-state index is 12.1. The number of benzene rings is 3. The Labute approximate surface area is 160 Å². The molecule has 132 valence electrons. The molecule has 3 aromatic rings. The molecule has 0 saturated carbocycles. The molecule has 0 aliphatic carbocycles. The minimum atomic E-state index is -4.62. The highest BCUT2D eigenvalue weighted by Gasteiger charge is 2.33. The number of fused-ring (bicyclic) bond motifs is 2. The molecule has 1 aliphatic heterocycles. The number of rotatable bonds is 2. The van der Waals surface area contributed by atoms with Crippen LogP contribution in [0, 0.1) is 0 Å². The molecule has 4 nitrogen and oxygen atoms in total. The summed E-state index contributed by atoms with van der Waals surface area (Å²) in [4.78, 5) is -0.405. The first kappa shape index (κ1) is 17.4. The molecule has 0 aromatic heterocycles. The molecule has 0 spiro atoms. The molecule has 0 atom stereocenters. The van der Waals surface area contributed by atoms with E-state index in [0.717, 1.165) is 5.56 Å². The Bertz CT molecular complexity index is 1130. The molecule has 4 rings (SSSR count). The summed E-state index contributed by atoms with van der Waals surface area (Å²) >= 11 is 12.6. The predicted molar refractivity (Wildman–Crippen MR) is 101 cm³/mol. The summed E-state index contributed by atoms with van der Waals surface area (Å²) in [6, 6.07) is 16.3. The number of ether oxygens (including phenoxy) is 1. The van der Waals surface area contributed by atoms with Crippen LogP contribution in [0.3, 0.4) is 0 Å². The smallest absolute Gasteiger partial charge is 0.296 e. The van der Waals surface area contributed by atoms with E-state index in [9.17, 15) is 13.0 Å². The van der Waals surface area contributed by atoms with Gasteiger partial charge in [-0.15, -0.1) is 0 Å². The summed E-state index contributed by atoms with van der Waals surface area (Å²) in [5, 5.41) is -0.297. The Kier molecular flexibility index (Phi) is 4.20. The largest absolute Gasteiger partial charge is 0.455 e. The van der Waals surface area contributed by atoms with Gasteiger partial charge in [0, 0.05) is 17.5 Å². The summed E-state index contributed by atoms with van der Waals surface area (Å²) in [7, 11) is -4.62. The van der Waals surface area contributed by atoms with Crippen LogP contribution in [0.2, 0.25) is 10.0 Å². The fraction of sp³-hybridized carbons (Fsp3) is 0.0526. The van der Waals surface area contributed by atoms with Crippen molar-refractivity contribution in [2.75, 3.05) is 0 Å². The zero-order valence-corrected chi connectivity index (χ0v) is 15.6. The molecule has 26 heavy (non-hydrogen) atoms. The summed E-state index contributed by atoms with van der Waals surface area (Å²) in [6.07, 6.45) is 0.398. The number of halogens is 2. The van der Waals surface area contributed by atoms with E-state index in [4.69, 9.17) is 27.9 Å². The van der Waals surface area contributed by atoms with Gasteiger partial charge in [0.25, 0.3) is 10.1 Å². The Morgan fingerprint density at radius 1 is 0.923 bits per heavy atom. The molecule has 0 fully saturated rings. The van der Waals surface area contributed by atoms with Crippen LogP contribution in [0.1, 0.15) is 11.1 Å². The summed E-state index contributed by atoms with van der Waals surface area (Å²) in [6.45, 7) is 0. The average Bonchev–Trinajstić information content (AvgIpc) is 2.63. The highest BCUT2D eigenvalue weighted by Crippen LogP contribution is 2.51. The molecule has 1 aliphatic rings. The lowest BCUT2D eigenvalue weighted by molar-refractivity contribution is 0.459. The topological polar surface area (TPSA) is 63.6 Å². The maximum Gasteiger partial charge on any atom is 0.296 e. The van der Waals surface area contributed by atoms with Crippen LogP contribution in [0.4, 0.5) is 0 Å². The van der Waals surface area contributed by atoms with Crippen LogP contribution in [0.15, 0.2) is 59.5 Å². The van der Waals surface area contributed by atoms with Crippen molar-refractivity contribution in [3.8, 4) is 22.6 Å². The van der Waals surface area contributed by atoms with Crippen molar-refractivity contribution in [3.05, 3.63) is 75.8 Å². The standard InChI is InChI=1S/C19H12Cl2O4S/c20-16-17(21)19(26(22,23)24)15(11-6-2-1-3-7-11)13-10-12-8-4-5-9-14(12)25-18(13)16/h1-9H,10H2,(H,22,23,24). The van der Waals surface area contributed by atoms with E-state index in [0.29, 0.717) is 34.6 Å². The molecule has 0 unspecified atom stereocenters. The van der Waals surface area contributed by atoms with Crippen molar-refractivity contribution in [3.63, 3.8) is 0 Å². The SMILES string of the molecule is O=S(=O)(O)c1c(Cl)c(Cl)c2c(c1-c1ccccc1)Cc1ccccc1O2. The number of hydrogen-bond donors (Lipinski definition) is 1. The van der Waals surface area contributed by atoms with Gasteiger partial charge in [0.2, 0.25) is 0 Å². The molecule has 0 saturated heterocycles. The van der Waals surface area contributed by atoms with Crippen molar-refractivity contribution >= 4 is 33.3 Å². The molecule has 7 heteroatoms. The predicted octanol–water partition coefficient (Wildman–Crippen LogP) is 5.60. The van der Waals surface area contributed by atoms with E-state index < -0.39 is 15.0 Å². The van der Waals surface area contributed by atoms with Crippen molar-refractivity contribution in [1.82, 2.24) is 0 Å². The van der Waals surface area contributed by atoms with Gasteiger partial charge in [0.1, 0.15) is 15.7 Å². The van der Waals surface area contributed by atoms with Gasteiger partial charge >= 0.3 is 0 Å². The van der Waals surface area contributed by atoms with Crippen molar-refractivity contribution in [1.29, 1.82) is 0 Å². The number of para-hydroxylation sites is 1. The molecule has 3 aromatic carbocycles. The van der Waals surface area contributed by atoms with E-state index in [2.05, 4.69) is 0 Å². The fourth-order valence-corrected chi connectivity index (χ4v) is 4.77. The molecule has 0 radical (unpaired) electrons. The lowest BCUT2D eigenvalue weighted by Crippen LogP contribution is -2.11. The van der Waals surface area contributed by atoms with Crippen LogP contribution < -0.4 is 4.74 Å². The first-order valence-corrected chi connectivity index (χ1v) is 9.90. The zero-order valence-electron chi connectivity index (χ0n) is 13.2. The van der Waals surface area contributed by atoms with Crippen molar-refractivity contribution in [2.45, 2.75) is 11.3 Å². The third-order valence-corrected chi connectivity index (χ3v) is 6.14. The molecule has 1 N–H and O–H groups in total. The monoisotopic (exact) mass is 406 g/mol. The molecular formula is C19H12Cl2O4S. The minimum absolute atomic E-state index is 0.0384. The quantitative estimate of drug-likeness (QED) is 0.439. The Morgan fingerprint density at radius 2 is 1.58 bits per heavy atom. The second kappa shape index (κ2) is 6.28. The van der Waals surface area contributed by atoms with Gasteiger partial charge in [-0.2, -0.15) is 8.42 Å². The first-order valence-electron chi connectivity index (χ1n) is 7.70. The van der Waals surface area contributed by atoms with Gasteiger partial charge in [-0.25, -0.2) is 0 Å². The number of hydrogen-bond acceptors (Lipinski definition) is 3. The minimum Gasteiger partial charge on any atom is -0.455 e. The lowest BCUT2D eigenvalue weighted by atomic mass is 9.92. The first-order chi connectivity index (χ1) is 12.4. The highest BCUT2D eigenvalue weighted by atomic mass is 35.5. The average molecular weight is 407 g/mol. The van der Waals surface area contributed by atoms with Crippen molar-refractivity contribution in [2.24, 2.45) is 0 Å². The maximum atomic E-state index is 12.1. The van der Waals surface area contributed by atoms with Gasteiger partial charge < -0.3 is 4.74 Å². The second-order valence-corrected chi connectivity index (χ2v) is 7.98. The van der Waals surface area contributed by atoms with Gasteiger partial charge in [-0.05, 0) is 17.2 Å². The molecule has 1 heterocycles.